The van der Waals surface area contributed by atoms with Gasteiger partial charge in [-0.05, 0) is 28.1 Å². The second kappa shape index (κ2) is 5.54. The van der Waals surface area contributed by atoms with E-state index in [2.05, 4.69) is 31.3 Å². The van der Waals surface area contributed by atoms with Crippen LogP contribution in [-0.2, 0) is 0 Å². The van der Waals surface area contributed by atoms with Crippen LogP contribution in [0.5, 0.6) is 5.88 Å². The van der Waals surface area contributed by atoms with Crippen molar-refractivity contribution in [1.29, 1.82) is 0 Å². The Morgan fingerprint density at radius 3 is 2.76 bits per heavy atom. The van der Waals surface area contributed by atoms with E-state index in [1.54, 1.807) is 30.8 Å². The third-order valence-corrected chi connectivity index (χ3v) is 3.89. The Balaban J connectivity index is 2.41. The van der Waals surface area contributed by atoms with Gasteiger partial charge in [0.2, 0.25) is 5.88 Å². The van der Waals surface area contributed by atoms with E-state index in [0.717, 1.165) is 8.66 Å². The summed E-state index contributed by atoms with van der Waals surface area (Å²) in [6.45, 7) is 0. The Hall–Kier alpha value is -1.02. The highest BCUT2D eigenvalue weighted by atomic mass is 79.9. The number of nitrogens with two attached hydrogens (primary N) is 1. The monoisotopic (exact) mass is 314 g/mol. The molecule has 0 aliphatic carbocycles. The molecule has 2 aromatic rings. The summed E-state index contributed by atoms with van der Waals surface area (Å²) >= 11 is 5.01. The number of hydrogen-bond acceptors (Lipinski definition) is 6. The zero-order chi connectivity index (χ0) is 12.3. The van der Waals surface area contributed by atoms with Crippen molar-refractivity contribution in [3.8, 4) is 5.88 Å². The molecule has 0 aliphatic rings. The number of thiophene rings is 1. The first kappa shape index (κ1) is 12.4. The van der Waals surface area contributed by atoms with Gasteiger partial charge < -0.3 is 4.74 Å². The number of hydrogen-bond donors (Lipinski definition) is 2. The molecule has 3 N–H and O–H groups in total. The van der Waals surface area contributed by atoms with Gasteiger partial charge in [0.15, 0.2) is 0 Å². The van der Waals surface area contributed by atoms with Crippen LogP contribution >= 0.6 is 27.3 Å². The molecular weight excluding hydrogens is 304 g/mol. The first-order valence-electron chi connectivity index (χ1n) is 4.82. The molecule has 0 amide bonds. The number of hydrazine groups is 1. The standard InChI is InChI=1S/C10H11BrN4OS/c1-16-10-9(13-4-5-14-10)8(15-12)6-2-3-7(11)17-6/h2-5,8,15H,12H2,1H3. The van der Waals surface area contributed by atoms with Gasteiger partial charge in [0.05, 0.1) is 10.9 Å². The number of ether oxygens (including phenoxy) is 1. The molecule has 0 saturated carbocycles. The molecule has 1 atom stereocenters. The third kappa shape index (κ3) is 2.63. The lowest BCUT2D eigenvalue weighted by Gasteiger charge is -2.15. The number of nitrogens with one attached hydrogen (secondary N) is 1. The summed E-state index contributed by atoms with van der Waals surface area (Å²) in [4.78, 5) is 9.42. The zero-order valence-electron chi connectivity index (χ0n) is 9.05. The summed E-state index contributed by atoms with van der Waals surface area (Å²) in [5.74, 6) is 6.06. The Kier molecular flexibility index (Phi) is 4.06. The van der Waals surface area contributed by atoms with Crippen LogP contribution in [0, 0.1) is 0 Å². The van der Waals surface area contributed by atoms with Crippen molar-refractivity contribution in [1.82, 2.24) is 15.4 Å². The van der Waals surface area contributed by atoms with E-state index in [1.807, 2.05) is 12.1 Å². The van der Waals surface area contributed by atoms with Crippen molar-refractivity contribution >= 4 is 27.3 Å². The van der Waals surface area contributed by atoms with Gasteiger partial charge in [-0.3, -0.25) is 10.8 Å². The van der Waals surface area contributed by atoms with E-state index >= 15 is 0 Å². The van der Waals surface area contributed by atoms with E-state index in [1.165, 1.54) is 0 Å². The lowest BCUT2D eigenvalue weighted by molar-refractivity contribution is 0.383. The van der Waals surface area contributed by atoms with E-state index in [4.69, 9.17) is 10.6 Å². The molecule has 0 bridgehead atoms. The molecule has 2 aromatic heterocycles. The molecule has 2 heterocycles. The van der Waals surface area contributed by atoms with E-state index < -0.39 is 0 Å². The number of aromatic nitrogens is 2. The Morgan fingerprint density at radius 2 is 2.18 bits per heavy atom. The quantitative estimate of drug-likeness (QED) is 0.665. The molecule has 5 nitrogen and oxygen atoms in total. The third-order valence-electron chi connectivity index (χ3n) is 2.20. The van der Waals surface area contributed by atoms with Gasteiger partial charge in [-0.1, -0.05) is 0 Å². The molecule has 0 spiro atoms. The molecule has 0 saturated heterocycles. The van der Waals surface area contributed by atoms with Gasteiger partial charge in [-0.25, -0.2) is 10.4 Å². The fourth-order valence-corrected chi connectivity index (χ4v) is 2.96. The predicted octanol–water partition coefficient (Wildman–Crippen LogP) is 1.86. The van der Waals surface area contributed by atoms with E-state index in [9.17, 15) is 0 Å². The summed E-state index contributed by atoms with van der Waals surface area (Å²) in [7, 11) is 1.56. The first-order chi connectivity index (χ1) is 8.26. The van der Waals surface area contributed by atoms with Crippen LogP contribution < -0.4 is 16.0 Å². The van der Waals surface area contributed by atoms with Gasteiger partial charge in [0.25, 0.3) is 0 Å². The topological polar surface area (TPSA) is 73.1 Å². The highest BCUT2D eigenvalue weighted by Crippen LogP contribution is 2.32. The van der Waals surface area contributed by atoms with Crippen LogP contribution in [-0.4, -0.2) is 17.1 Å². The number of nitrogens with zero attached hydrogens (tertiary/aromatic N) is 2. The number of halogens is 1. The average molecular weight is 315 g/mol. The summed E-state index contributed by atoms with van der Waals surface area (Å²) in [5.41, 5.74) is 3.40. The minimum Gasteiger partial charge on any atom is -0.480 e. The Labute approximate surface area is 111 Å². The Bertz CT molecular complexity index is 505. The second-order valence-corrected chi connectivity index (χ2v) is 5.69. The summed E-state index contributed by atoms with van der Waals surface area (Å²) < 4.78 is 6.22. The minimum absolute atomic E-state index is 0.227. The van der Waals surface area contributed by atoms with Gasteiger partial charge >= 0.3 is 0 Å². The molecule has 1 unspecified atom stereocenters. The molecule has 0 radical (unpaired) electrons. The maximum Gasteiger partial charge on any atom is 0.237 e. The summed E-state index contributed by atoms with van der Waals surface area (Å²) in [6.07, 6.45) is 3.20. The van der Waals surface area contributed by atoms with Crippen molar-refractivity contribution in [2.24, 2.45) is 5.84 Å². The van der Waals surface area contributed by atoms with Crippen LogP contribution in [0.4, 0.5) is 0 Å². The molecule has 7 heteroatoms. The van der Waals surface area contributed by atoms with Crippen molar-refractivity contribution in [2.75, 3.05) is 7.11 Å². The van der Waals surface area contributed by atoms with Gasteiger partial charge in [-0.2, -0.15) is 0 Å². The van der Waals surface area contributed by atoms with Crippen LogP contribution in [0.3, 0.4) is 0 Å². The molecule has 17 heavy (non-hydrogen) atoms. The van der Waals surface area contributed by atoms with Crippen LogP contribution in [0.15, 0.2) is 28.3 Å². The highest BCUT2D eigenvalue weighted by molar-refractivity contribution is 9.11. The lowest BCUT2D eigenvalue weighted by atomic mass is 10.2. The summed E-state index contributed by atoms with van der Waals surface area (Å²) in [5, 5.41) is 0. The van der Waals surface area contributed by atoms with Crippen LogP contribution in [0.1, 0.15) is 16.6 Å². The molecular formula is C10H11BrN4OS. The maximum atomic E-state index is 5.59. The van der Waals surface area contributed by atoms with Crippen molar-refractivity contribution < 1.29 is 4.74 Å². The van der Waals surface area contributed by atoms with Crippen LogP contribution in [0.2, 0.25) is 0 Å². The van der Waals surface area contributed by atoms with Crippen molar-refractivity contribution in [3.05, 3.63) is 38.9 Å². The fourth-order valence-electron chi connectivity index (χ4n) is 1.47. The fraction of sp³-hybridized carbons (Fsp3) is 0.200. The van der Waals surface area contributed by atoms with Crippen molar-refractivity contribution in [3.63, 3.8) is 0 Å². The zero-order valence-corrected chi connectivity index (χ0v) is 11.5. The molecule has 0 aliphatic heterocycles. The SMILES string of the molecule is COc1nccnc1C(NN)c1ccc(Br)s1. The smallest absolute Gasteiger partial charge is 0.237 e. The van der Waals surface area contributed by atoms with E-state index in [0.29, 0.717) is 11.6 Å². The molecule has 0 fully saturated rings. The van der Waals surface area contributed by atoms with Crippen LogP contribution in [0.25, 0.3) is 0 Å². The van der Waals surface area contributed by atoms with Gasteiger partial charge in [-0.15, -0.1) is 11.3 Å². The predicted molar refractivity (Wildman–Crippen MR) is 69.8 cm³/mol. The van der Waals surface area contributed by atoms with Gasteiger partial charge in [0.1, 0.15) is 11.7 Å². The molecule has 0 aromatic carbocycles. The average Bonchev–Trinajstić information content (AvgIpc) is 2.77. The second-order valence-electron chi connectivity index (χ2n) is 3.19. The first-order valence-corrected chi connectivity index (χ1v) is 6.43. The van der Waals surface area contributed by atoms with E-state index in [-0.39, 0.29) is 6.04 Å². The lowest BCUT2D eigenvalue weighted by Crippen LogP contribution is -2.29. The van der Waals surface area contributed by atoms with Gasteiger partial charge in [0, 0.05) is 17.3 Å². The minimum atomic E-state index is -0.227. The maximum absolute atomic E-state index is 5.59. The number of rotatable bonds is 4. The molecule has 2 rings (SSSR count). The number of methoxy groups -OCH3 is 1. The summed E-state index contributed by atoms with van der Waals surface area (Å²) in [6, 6.07) is 3.72. The molecule has 90 valence electrons. The normalized spacial score (nSPS) is 12.4. The Morgan fingerprint density at radius 1 is 1.41 bits per heavy atom. The highest BCUT2D eigenvalue weighted by Gasteiger charge is 2.20. The largest absolute Gasteiger partial charge is 0.480 e. The van der Waals surface area contributed by atoms with Crippen molar-refractivity contribution in [2.45, 2.75) is 6.04 Å².